The summed E-state index contributed by atoms with van der Waals surface area (Å²) in [5.41, 5.74) is -0.667. The molecule has 3 rings (SSSR count). The lowest BCUT2D eigenvalue weighted by atomic mass is 10.0. The molecule has 3 fully saturated rings. The van der Waals surface area contributed by atoms with E-state index in [4.69, 9.17) is 40.7 Å². The van der Waals surface area contributed by atoms with E-state index in [2.05, 4.69) is 37.2 Å². The van der Waals surface area contributed by atoms with Crippen LogP contribution in [0.5, 0.6) is 0 Å². The van der Waals surface area contributed by atoms with E-state index in [1.807, 2.05) is 0 Å². The van der Waals surface area contributed by atoms with Crippen LogP contribution in [0.15, 0.2) is 0 Å². The van der Waals surface area contributed by atoms with Crippen LogP contribution in [-0.2, 0) is 32.7 Å². The van der Waals surface area contributed by atoms with E-state index in [1.54, 1.807) is 0 Å². The van der Waals surface area contributed by atoms with Crippen LogP contribution in [0.4, 0.5) is 0 Å². The summed E-state index contributed by atoms with van der Waals surface area (Å²) < 4.78 is 51.3. The number of fused-ring (bicyclic) bond motifs is 2. The van der Waals surface area contributed by atoms with E-state index >= 15 is 0 Å². The Morgan fingerprint density at radius 1 is 1.29 bits per heavy atom. The van der Waals surface area contributed by atoms with Gasteiger partial charge in [-0.2, -0.15) is 0 Å². The highest BCUT2D eigenvalue weighted by atomic mass is 31.2. The molecule has 0 N–H and O–H groups in total. The summed E-state index contributed by atoms with van der Waals surface area (Å²) in [6.45, 7) is 18.1. The van der Waals surface area contributed by atoms with Crippen LogP contribution in [0.3, 0.4) is 0 Å². The minimum Gasteiger partial charge on any atom is -0.373 e. The Hall–Kier alpha value is -0.400. The van der Waals surface area contributed by atoms with Crippen molar-refractivity contribution < 1.29 is 34.1 Å². The van der Waals surface area contributed by atoms with Gasteiger partial charge in [0.05, 0.1) is 25.9 Å². The van der Waals surface area contributed by atoms with Crippen molar-refractivity contribution in [3.05, 3.63) is 11.4 Å². The smallest absolute Gasteiger partial charge is 0.259 e. The number of rotatable bonds is 13. The molecular formula is C21H37N2O7P. The molecular weight excluding hydrogens is 423 g/mol. The van der Waals surface area contributed by atoms with Crippen LogP contribution in [0.25, 0.3) is 4.85 Å². The Morgan fingerprint density at radius 2 is 2.10 bits per heavy atom. The van der Waals surface area contributed by atoms with Gasteiger partial charge in [-0.1, -0.05) is 0 Å². The van der Waals surface area contributed by atoms with Crippen LogP contribution in [0.1, 0.15) is 42.4 Å². The quantitative estimate of drug-likeness (QED) is 0.179. The second-order valence-electron chi connectivity index (χ2n) is 8.66. The molecule has 1 unspecified atom stereocenters. The summed E-state index contributed by atoms with van der Waals surface area (Å²) in [6, 6.07) is 0.491. The molecule has 0 aromatic rings. The Morgan fingerprint density at radius 3 is 2.74 bits per heavy atom. The third-order valence-electron chi connectivity index (χ3n) is 5.57. The predicted octanol–water partition coefficient (Wildman–Crippen LogP) is 2.99. The van der Waals surface area contributed by atoms with Crippen LogP contribution in [-0.4, -0.2) is 93.1 Å². The minimum atomic E-state index is -1.32. The highest BCUT2D eigenvalue weighted by molar-refractivity contribution is 7.44. The molecule has 31 heavy (non-hydrogen) atoms. The number of ether oxygens (including phenoxy) is 5. The maximum Gasteiger partial charge on any atom is 0.259 e. The predicted molar refractivity (Wildman–Crippen MR) is 115 cm³/mol. The standard InChI is InChI=1S/C21H37N2O7P/c1-15(2)23(16(3)4)31(29-10-8-22-6)30-17-7-9-25-18(17)11-24-14-27-20-19-12-28-21(20,5)13-26-19/h15-20H,7-14H2,1-5H3/t17-,18+,19-,20-,21-,31?/m0/s1/i5D. The fourth-order valence-electron chi connectivity index (χ4n) is 4.12. The van der Waals surface area contributed by atoms with E-state index in [1.165, 1.54) is 0 Å². The van der Waals surface area contributed by atoms with Gasteiger partial charge in [0.2, 0.25) is 6.54 Å². The summed E-state index contributed by atoms with van der Waals surface area (Å²) in [5.74, 6) is 0. The highest BCUT2D eigenvalue weighted by Gasteiger charge is 2.54. The van der Waals surface area contributed by atoms with Crippen LogP contribution in [0.2, 0.25) is 0 Å². The van der Waals surface area contributed by atoms with Gasteiger partial charge in [0.15, 0.2) is 0 Å². The minimum absolute atomic E-state index is 0.0859. The maximum atomic E-state index is 7.78. The van der Waals surface area contributed by atoms with Crippen molar-refractivity contribution in [2.45, 2.75) is 83.1 Å². The third-order valence-corrected chi connectivity index (χ3v) is 7.73. The van der Waals surface area contributed by atoms with Crippen molar-refractivity contribution in [2.75, 3.05) is 46.4 Å². The summed E-state index contributed by atoms with van der Waals surface area (Å²) in [7, 11) is -1.32. The van der Waals surface area contributed by atoms with Gasteiger partial charge < -0.3 is 37.6 Å². The monoisotopic (exact) mass is 461 g/mol. The second-order valence-corrected chi connectivity index (χ2v) is 10.1. The molecule has 0 spiro atoms. The number of nitrogens with zero attached hydrogens (tertiary/aromatic N) is 2. The van der Waals surface area contributed by atoms with E-state index in [9.17, 15) is 0 Å². The van der Waals surface area contributed by atoms with Gasteiger partial charge in [-0.25, -0.2) is 11.2 Å². The largest absolute Gasteiger partial charge is 0.373 e. The first kappa shape index (κ1) is 23.7. The summed E-state index contributed by atoms with van der Waals surface area (Å²) >= 11 is 0. The molecule has 0 aromatic carbocycles. The van der Waals surface area contributed by atoms with Crippen molar-refractivity contribution >= 4 is 8.53 Å². The van der Waals surface area contributed by atoms with Gasteiger partial charge in [-0.05, 0) is 34.6 Å². The van der Waals surface area contributed by atoms with E-state index in [0.717, 1.165) is 6.42 Å². The van der Waals surface area contributed by atoms with E-state index in [0.29, 0.717) is 39.6 Å². The van der Waals surface area contributed by atoms with Gasteiger partial charge in [0.25, 0.3) is 8.53 Å². The zero-order valence-corrected chi connectivity index (χ0v) is 19.9. The van der Waals surface area contributed by atoms with Crippen LogP contribution < -0.4 is 0 Å². The first-order valence-corrected chi connectivity index (χ1v) is 12.1. The van der Waals surface area contributed by atoms with E-state index in [-0.39, 0.29) is 50.2 Å². The van der Waals surface area contributed by atoms with Gasteiger partial charge in [-0.15, -0.1) is 0 Å². The second kappa shape index (κ2) is 11.6. The normalized spacial score (nSPS) is 34.1. The Balaban J connectivity index is 1.49. The molecule has 0 aliphatic carbocycles. The average molecular weight is 462 g/mol. The Bertz CT molecular complexity index is 607. The van der Waals surface area contributed by atoms with Crippen molar-refractivity contribution in [3.63, 3.8) is 0 Å². The molecule has 3 aliphatic heterocycles. The van der Waals surface area contributed by atoms with Gasteiger partial charge >= 0.3 is 0 Å². The maximum absolute atomic E-state index is 7.78. The molecule has 0 radical (unpaired) electrons. The first-order chi connectivity index (χ1) is 15.4. The summed E-state index contributed by atoms with van der Waals surface area (Å²) in [6.07, 6.45) is -0.00359. The Labute approximate surface area is 188 Å². The fraction of sp³-hybridized carbons (Fsp3) is 0.952. The molecule has 6 atom stereocenters. The lowest BCUT2D eigenvalue weighted by Crippen LogP contribution is -2.39. The highest BCUT2D eigenvalue weighted by Crippen LogP contribution is 2.48. The molecule has 3 saturated heterocycles. The van der Waals surface area contributed by atoms with Gasteiger partial charge in [0.1, 0.15) is 37.3 Å². The lowest BCUT2D eigenvalue weighted by molar-refractivity contribution is -0.142. The molecule has 9 nitrogen and oxygen atoms in total. The molecule has 178 valence electrons. The SMILES string of the molecule is [2H]C[C@@]12CO[C@@H](CO1)[C@@H]2OCOC[C@H]1OCC[C@@H]1OP(OCC[N+]#[C-])N(C(C)C)C(C)C. The van der Waals surface area contributed by atoms with Gasteiger partial charge in [0, 0.05) is 26.5 Å². The molecule has 2 bridgehead atoms. The molecule has 0 aromatic heterocycles. The first-order valence-electron chi connectivity index (χ1n) is 11.7. The van der Waals surface area contributed by atoms with Crippen LogP contribution in [0, 0.1) is 6.57 Å². The molecule has 3 heterocycles. The summed E-state index contributed by atoms with van der Waals surface area (Å²) in [4.78, 5) is 3.39. The third kappa shape index (κ3) is 6.35. The van der Waals surface area contributed by atoms with Gasteiger partial charge in [-0.3, -0.25) is 0 Å². The topological polar surface area (TPSA) is 72.2 Å². The number of hydrogen-bond donors (Lipinski definition) is 0. The fourth-order valence-corrected chi connectivity index (χ4v) is 5.89. The molecule has 3 aliphatic rings. The van der Waals surface area contributed by atoms with Crippen LogP contribution >= 0.6 is 8.53 Å². The molecule has 0 amide bonds. The lowest BCUT2D eigenvalue weighted by Gasteiger charge is -2.37. The zero-order chi connectivity index (χ0) is 23.1. The number of hydrogen-bond acceptors (Lipinski definition) is 8. The Kier molecular flexibility index (Phi) is 8.92. The van der Waals surface area contributed by atoms with Crippen molar-refractivity contribution in [3.8, 4) is 0 Å². The zero-order valence-electron chi connectivity index (χ0n) is 20.0. The van der Waals surface area contributed by atoms with Crippen molar-refractivity contribution in [1.82, 2.24) is 4.67 Å². The van der Waals surface area contributed by atoms with Crippen molar-refractivity contribution in [2.24, 2.45) is 0 Å². The molecule has 10 heteroatoms. The average Bonchev–Trinajstić information content (AvgIpc) is 3.44. The van der Waals surface area contributed by atoms with E-state index < -0.39 is 14.1 Å². The molecule has 0 saturated carbocycles. The van der Waals surface area contributed by atoms with Crippen molar-refractivity contribution in [1.29, 1.82) is 0 Å². The summed E-state index contributed by atoms with van der Waals surface area (Å²) in [5, 5.41) is 0.